The van der Waals surface area contributed by atoms with E-state index in [4.69, 9.17) is 0 Å². The second-order valence-corrected chi connectivity index (χ2v) is 7.94. The topological polar surface area (TPSA) is 104 Å². The number of sulfonamides is 1. The Morgan fingerprint density at radius 3 is 2.19 bits per heavy atom. The van der Waals surface area contributed by atoms with Crippen LogP contribution in [0.1, 0.15) is 13.8 Å². The number of nitrogens with one attached hydrogen (secondary N) is 3. The van der Waals surface area contributed by atoms with Gasteiger partial charge in [-0.05, 0) is 42.7 Å². The van der Waals surface area contributed by atoms with E-state index >= 15 is 0 Å². The first-order chi connectivity index (χ1) is 12.2. The van der Waals surface area contributed by atoms with Gasteiger partial charge >= 0.3 is 0 Å². The fourth-order valence-electron chi connectivity index (χ4n) is 2.22. The lowest BCUT2D eigenvalue weighted by Gasteiger charge is -2.13. The Kier molecular flexibility index (Phi) is 6.27. The smallest absolute Gasteiger partial charge is 0.261 e. The van der Waals surface area contributed by atoms with Gasteiger partial charge in [0.25, 0.3) is 10.0 Å². The predicted molar refractivity (Wildman–Crippen MR) is 104 cm³/mol. The van der Waals surface area contributed by atoms with Gasteiger partial charge in [-0.15, -0.1) is 11.8 Å². The molecule has 0 heterocycles. The van der Waals surface area contributed by atoms with Crippen LogP contribution in [0, 0.1) is 0 Å². The molecule has 2 amide bonds. The van der Waals surface area contributed by atoms with Crippen molar-refractivity contribution in [3.8, 4) is 0 Å². The molecule has 7 nitrogen and oxygen atoms in total. The number of anilines is 3. The second-order valence-electron chi connectivity index (χ2n) is 5.41. The van der Waals surface area contributed by atoms with Crippen LogP contribution in [0.25, 0.3) is 0 Å². The van der Waals surface area contributed by atoms with Gasteiger partial charge in [0, 0.05) is 24.4 Å². The van der Waals surface area contributed by atoms with Crippen molar-refractivity contribution >= 4 is 50.7 Å². The highest BCUT2D eigenvalue weighted by atomic mass is 32.2. The minimum atomic E-state index is -3.87. The van der Waals surface area contributed by atoms with Gasteiger partial charge in [-0.2, -0.15) is 0 Å². The van der Waals surface area contributed by atoms with E-state index in [1.165, 1.54) is 43.8 Å². The minimum absolute atomic E-state index is 0.0176. The molecule has 3 N–H and O–H groups in total. The molecule has 0 fully saturated rings. The Labute approximate surface area is 156 Å². The van der Waals surface area contributed by atoms with Gasteiger partial charge in [0.2, 0.25) is 11.8 Å². The quantitative estimate of drug-likeness (QED) is 0.654. The SMILES string of the molecule is CSc1ccc(S(=O)(=O)Nc2cccc(NC(C)=O)c2)cc1NC(C)=O. The zero-order chi connectivity index (χ0) is 19.3. The molecule has 2 rings (SSSR count). The minimum Gasteiger partial charge on any atom is -0.326 e. The Bertz CT molecular complexity index is 943. The van der Waals surface area contributed by atoms with E-state index in [2.05, 4.69) is 15.4 Å². The van der Waals surface area contributed by atoms with E-state index in [-0.39, 0.29) is 16.7 Å². The van der Waals surface area contributed by atoms with Crippen molar-refractivity contribution in [1.29, 1.82) is 0 Å². The lowest BCUT2D eigenvalue weighted by atomic mass is 10.3. The number of amides is 2. The Balaban J connectivity index is 2.33. The monoisotopic (exact) mass is 393 g/mol. The van der Waals surface area contributed by atoms with Crippen molar-refractivity contribution in [3.63, 3.8) is 0 Å². The normalized spacial score (nSPS) is 10.9. The van der Waals surface area contributed by atoms with E-state index in [9.17, 15) is 18.0 Å². The third-order valence-corrected chi connectivity index (χ3v) is 5.40. The van der Waals surface area contributed by atoms with Crippen LogP contribution in [0.5, 0.6) is 0 Å². The number of thioether (sulfide) groups is 1. The molecule has 0 radical (unpaired) electrons. The molecule has 0 bridgehead atoms. The summed E-state index contributed by atoms with van der Waals surface area (Å²) >= 11 is 1.40. The third kappa shape index (κ3) is 5.24. The Morgan fingerprint density at radius 1 is 0.923 bits per heavy atom. The van der Waals surface area contributed by atoms with Gasteiger partial charge in [-0.3, -0.25) is 14.3 Å². The largest absolute Gasteiger partial charge is 0.326 e. The fraction of sp³-hybridized carbons (Fsp3) is 0.176. The molecule has 138 valence electrons. The van der Waals surface area contributed by atoms with Gasteiger partial charge in [0.15, 0.2) is 0 Å². The molecule has 0 spiro atoms. The summed E-state index contributed by atoms with van der Waals surface area (Å²) in [7, 11) is -3.87. The number of hydrogen-bond donors (Lipinski definition) is 3. The molecule has 0 saturated heterocycles. The van der Waals surface area contributed by atoms with E-state index in [1.807, 2.05) is 6.26 Å². The summed E-state index contributed by atoms with van der Waals surface area (Å²) in [6.07, 6.45) is 1.83. The molecule has 0 unspecified atom stereocenters. The molecule has 0 saturated carbocycles. The predicted octanol–water partition coefficient (Wildman–Crippen LogP) is 3.13. The first-order valence-electron chi connectivity index (χ1n) is 7.57. The van der Waals surface area contributed by atoms with Gasteiger partial charge in [0.1, 0.15) is 0 Å². The van der Waals surface area contributed by atoms with E-state index < -0.39 is 10.0 Å². The number of carbonyl (C=O) groups is 2. The molecule has 2 aromatic carbocycles. The number of carbonyl (C=O) groups excluding carboxylic acids is 2. The molecular formula is C17H19N3O4S2. The average Bonchev–Trinajstić information content (AvgIpc) is 2.53. The molecule has 9 heteroatoms. The van der Waals surface area contributed by atoms with Crippen molar-refractivity contribution in [2.24, 2.45) is 0 Å². The molecule has 0 aliphatic heterocycles. The summed E-state index contributed by atoms with van der Waals surface area (Å²) in [5.41, 5.74) is 1.22. The second kappa shape index (κ2) is 8.24. The highest BCUT2D eigenvalue weighted by molar-refractivity contribution is 7.98. The van der Waals surface area contributed by atoms with Crippen LogP contribution in [0.3, 0.4) is 0 Å². The van der Waals surface area contributed by atoms with Crippen LogP contribution in [0.15, 0.2) is 52.3 Å². The third-order valence-electron chi connectivity index (χ3n) is 3.23. The summed E-state index contributed by atoms with van der Waals surface area (Å²) in [5.74, 6) is -0.538. The van der Waals surface area contributed by atoms with Crippen LogP contribution < -0.4 is 15.4 Å². The van der Waals surface area contributed by atoms with Crippen molar-refractivity contribution in [1.82, 2.24) is 0 Å². The van der Waals surface area contributed by atoms with Gasteiger partial charge < -0.3 is 10.6 Å². The summed E-state index contributed by atoms with van der Waals surface area (Å²) in [5, 5.41) is 5.22. The van der Waals surface area contributed by atoms with Crippen LogP contribution in [0.4, 0.5) is 17.1 Å². The van der Waals surface area contributed by atoms with E-state index in [0.717, 1.165) is 4.90 Å². The van der Waals surface area contributed by atoms with Crippen LogP contribution in [0.2, 0.25) is 0 Å². The summed E-state index contributed by atoms with van der Waals surface area (Å²) < 4.78 is 27.8. The average molecular weight is 393 g/mol. The zero-order valence-corrected chi connectivity index (χ0v) is 16.1. The molecular weight excluding hydrogens is 374 g/mol. The van der Waals surface area contributed by atoms with Gasteiger partial charge in [0.05, 0.1) is 16.3 Å². The molecule has 0 aromatic heterocycles. The van der Waals surface area contributed by atoms with Gasteiger partial charge in [-0.25, -0.2) is 8.42 Å². The van der Waals surface area contributed by atoms with Crippen molar-refractivity contribution in [2.45, 2.75) is 23.6 Å². The van der Waals surface area contributed by atoms with E-state index in [1.54, 1.807) is 24.3 Å². The maximum absolute atomic E-state index is 12.7. The highest BCUT2D eigenvalue weighted by Gasteiger charge is 2.17. The molecule has 0 aliphatic rings. The summed E-state index contributed by atoms with van der Waals surface area (Å²) in [4.78, 5) is 23.2. The lowest BCUT2D eigenvalue weighted by Crippen LogP contribution is -2.14. The van der Waals surface area contributed by atoms with Crippen molar-refractivity contribution in [3.05, 3.63) is 42.5 Å². The van der Waals surface area contributed by atoms with Crippen LogP contribution in [-0.4, -0.2) is 26.5 Å². The number of benzene rings is 2. The molecule has 2 aromatic rings. The maximum Gasteiger partial charge on any atom is 0.261 e. The molecule has 0 atom stereocenters. The first kappa shape index (κ1) is 19.8. The fourth-order valence-corrected chi connectivity index (χ4v) is 3.83. The number of hydrogen-bond acceptors (Lipinski definition) is 5. The first-order valence-corrected chi connectivity index (χ1v) is 10.3. The van der Waals surface area contributed by atoms with Crippen LogP contribution >= 0.6 is 11.8 Å². The van der Waals surface area contributed by atoms with Crippen molar-refractivity contribution in [2.75, 3.05) is 21.6 Å². The lowest BCUT2D eigenvalue weighted by molar-refractivity contribution is -0.115. The Morgan fingerprint density at radius 2 is 1.58 bits per heavy atom. The molecule has 26 heavy (non-hydrogen) atoms. The summed E-state index contributed by atoms with van der Waals surface area (Å²) in [6.45, 7) is 2.73. The highest BCUT2D eigenvalue weighted by Crippen LogP contribution is 2.29. The van der Waals surface area contributed by atoms with E-state index in [0.29, 0.717) is 17.1 Å². The van der Waals surface area contributed by atoms with Crippen molar-refractivity contribution < 1.29 is 18.0 Å². The van der Waals surface area contributed by atoms with Gasteiger partial charge in [-0.1, -0.05) is 6.07 Å². The molecule has 0 aliphatic carbocycles. The Hall–Kier alpha value is -2.52. The standard InChI is InChI=1S/C17H19N3O4S2/c1-11(21)18-13-5-4-6-14(9-13)20-26(23,24)15-7-8-17(25-3)16(10-15)19-12(2)22/h4-10,20H,1-3H3,(H,18,21)(H,19,22). The zero-order valence-electron chi connectivity index (χ0n) is 14.5. The number of rotatable bonds is 6. The van der Waals surface area contributed by atoms with Crippen LogP contribution in [-0.2, 0) is 19.6 Å². The maximum atomic E-state index is 12.7. The summed E-state index contributed by atoms with van der Waals surface area (Å²) in [6, 6.07) is 10.9.